The van der Waals surface area contributed by atoms with Crippen LogP contribution in [0.4, 0.5) is 16.5 Å². The van der Waals surface area contributed by atoms with Gasteiger partial charge in [-0.25, -0.2) is 4.98 Å². The number of rotatable bonds is 6. The molecule has 0 aliphatic heterocycles. The molecule has 0 radical (unpaired) electrons. The Morgan fingerprint density at radius 3 is 2.26 bits per heavy atom. The summed E-state index contributed by atoms with van der Waals surface area (Å²) in [7, 11) is 0. The van der Waals surface area contributed by atoms with Gasteiger partial charge in [0, 0.05) is 40.8 Å². The summed E-state index contributed by atoms with van der Waals surface area (Å²) < 4.78 is 5.54. The van der Waals surface area contributed by atoms with Gasteiger partial charge in [-0.05, 0) is 12.1 Å². The lowest BCUT2D eigenvalue weighted by Crippen LogP contribution is -2.10. The predicted octanol–water partition coefficient (Wildman–Crippen LogP) is 5.14. The Bertz CT molecular complexity index is 1310. The van der Waals surface area contributed by atoms with Crippen molar-refractivity contribution in [2.75, 3.05) is 5.32 Å². The molecule has 11 heteroatoms. The molecule has 0 spiro atoms. The van der Waals surface area contributed by atoms with Crippen LogP contribution in [0.3, 0.4) is 0 Å². The second kappa shape index (κ2) is 8.16. The second-order valence-electron chi connectivity index (χ2n) is 6.27. The summed E-state index contributed by atoms with van der Waals surface area (Å²) in [6, 6.07) is 14.9. The topological polar surface area (TPSA) is 141 Å². The largest absolute Gasteiger partial charge is 0.451 e. The highest BCUT2D eigenvalue weighted by atomic mass is 32.1. The lowest BCUT2D eigenvalue weighted by molar-refractivity contribution is -0.385. The fourth-order valence-electron chi connectivity index (χ4n) is 2.79. The Labute approximate surface area is 178 Å². The van der Waals surface area contributed by atoms with Gasteiger partial charge in [-0.2, -0.15) is 0 Å². The number of furan rings is 1. The second-order valence-corrected chi connectivity index (χ2v) is 7.13. The summed E-state index contributed by atoms with van der Waals surface area (Å²) in [6.07, 6.45) is 0. The molecule has 0 fully saturated rings. The van der Waals surface area contributed by atoms with Gasteiger partial charge in [0.25, 0.3) is 17.3 Å². The third kappa shape index (κ3) is 4.31. The summed E-state index contributed by atoms with van der Waals surface area (Å²) in [6.45, 7) is 0. The number of aromatic nitrogens is 1. The van der Waals surface area contributed by atoms with E-state index in [-0.39, 0.29) is 17.1 Å². The maximum atomic E-state index is 12.5. The standard InChI is InChI=1S/C20H12N4O6S/c25-19(18-8-7-17(30-18)13-4-2-6-15(10-13)24(28)29)22-20-21-16(11-31-20)12-3-1-5-14(9-12)23(26)27/h1-11H,(H,21,22,25). The third-order valence-corrected chi connectivity index (χ3v) is 5.01. The lowest BCUT2D eigenvalue weighted by Gasteiger charge is -2.00. The average Bonchev–Trinajstić information content (AvgIpc) is 3.44. The van der Waals surface area contributed by atoms with Gasteiger partial charge in [0.1, 0.15) is 5.76 Å². The molecule has 0 saturated carbocycles. The van der Waals surface area contributed by atoms with Crippen LogP contribution in [0.1, 0.15) is 10.6 Å². The summed E-state index contributed by atoms with van der Waals surface area (Å²) >= 11 is 1.16. The number of carbonyl (C=O) groups is 1. The van der Waals surface area contributed by atoms with Crippen molar-refractivity contribution in [2.45, 2.75) is 0 Å². The zero-order valence-corrected chi connectivity index (χ0v) is 16.4. The number of hydrogen-bond acceptors (Lipinski definition) is 8. The van der Waals surface area contributed by atoms with Crippen LogP contribution in [0.5, 0.6) is 0 Å². The molecule has 0 atom stereocenters. The number of non-ortho nitro benzene ring substituents is 2. The maximum Gasteiger partial charge on any atom is 0.293 e. The molecule has 1 amide bonds. The summed E-state index contributed by atoms with van der Waals surface area (Å²) in [5.41, 5.74) is 1.37. The number of nitro groups is 2. The van der Waals surface area contributed by atoms with E-state index in [1.807, 2.05) is 0 Å². The first-order valence-electron chi connectivity index (χ1n) is 8.77. The van der Waals surface area contributed by atoms with Crippen LogP contribution in [0.25, 0.3) is 22.6 Å². The van der Waals surface area contributed by atoms with Gasteiger partial charge >= 0.3 is 0 Å². The molecule has 0 aliphatic rings. The highest BCUT2D eigenvalue weighted by Crippen LogP contribution is 2.29. The first-order valence-corrected chi connectivity index (χ1v) is 9.65. The van der Waals surface area contributed by atoms with Gasteiger partial charge in [0.15, 0.2) is 10.9 Å². The Kier molecular flexibility index (Phi) is 5.24. The van der Waals surface area contributed by atoms with Gasteiger partial charge in [0.05, 0.1) is 15.5 Å². The summed E-state index contributed by atoms with van der Waals surface area (Å²) in [4.78, 5) is 37.6. The van der Waals surface area contributed by atoms with E-state index >= 15 is 0 Å². The Balaban J connectivity index is 1.50. The first-order chi connectivity index (χ1) is 14.9. The van der Waals surface area contributed by atoms with E-state index < -0.39 is 15.8 Å². The van der Waals surface area contributed by atoms with E-state index in [0.717, 1.165) is 11.3 Å². The normalized spacial score (nSPS) is 10.6. The molecule has 2 aromatic heterocycles. The summed E-state index contributed by atoms with van der Waals surface area (Å²) in [5.74, 6) is -0.226. The lowest BCUT2D eigenvalue weighted by atomic mass is 10.1. The van der Waals surface area contributed by atoms with Gasteiger partial charge in [0.2, 0.25) is 0 Å². The molecule has 4 aromatic rings. The molecule has 4 rings (SSSR count). The number of benzene rings is 2. The molecule has 2 aromatic carbocycles. The van der Waals surface area contributed by atoms with Crippen LogP contribution in [0.15, 0.2) is 70.5 Å². The molecule has 0 unspecified atom stereocenters. The molecular formula is C20H12N4O6S. The van der Waals surface area contributed by atoms with E-state index in [0.29, 0.717) is 27.7 Å². The molecule has 31 heavy (non-hydrogen) atoms. The number of hydrogen-bond donors (Lipinski definition) is 1. The molecule has 154 valence electrons. The number of amides is 1. The number of anilines is 1. The quantitative estimate of drug-likeness (QED) is 0.326. The number of nitrogens with one attached hydrogen (secondary N) is 1. The van der Waals surface area contributed by atoms with E-state index in [2.05, 4.69) is 10.3 Å². The highest BCUT2D eigenvalue weighted by molar-refractivity contribution is 7.14. The fourth-order valence-corrected chi connectivity index (χ4v) is 3.50. The van der Waals surface area contributed by atoms with Crippen LogP contribution >= 0.6 is 11.3 Å². The Morgan fingerprint density at radius 1 is 0.935 bits per heavy atom. The van der Waals surface area contributed by atoms with Gasteiger partial charge in [-0.1, -0.05) is 24.3 Å². The third-order valence-electron chi connectivity index (χ3n) is 4.25. The first kappa shape index (κ1) is 19.9. The van der Waals surface area contributed by atoms with Crippen molar-refractivity contribution in [3.63, 3.8) is 0 Å². The molecule has 0 aliphatic carbocycles. The predicted molar refractivity (Wildman–Crippen MR) is 113 cm³/mol. The minimum absolute atomic E-state index is 0.00797. The number of nitro benzene ring substituents is 2. The zero-order valence-electron chi connectivity index (χ0n) is 15.6. The van der Waals surface area contributed by atoms with E-state index in [1.165, 1.54) is 36.4 Å². The molecule has 1 N–H and O–H groups in total. The van der Waals surface area contributed by atoms with Crippen LogP contribution in [0, 0.1) is 20.2 Å². The molecule has 10 nitrogen and oxygen atoms in total. The smallest absolute Gasteiger partial charge is 0.293 e. The van der Waals surface area contributed by atoms with E-state index in [4.69, 9.17) is 4.42 Å². The van der Waals surface area contributed by atoms with Crippen molar-refractivity contribution in [3.05, 3.63) is 92.0 Å². The van der Waals surface area contributed by atoms with Crippen molar-refractivity contribution in [1.82, 2.24) is 4.98 Å². The monoisotopic (exact) mass is 436 g/mol. The van der Waals surface area contributed by atoms with Crippen molar-refractivity contribution in [1.29, 1.82) is 0 Å². The Hall–Kier alpha value is -4.38. The van der Waals surface area contributed by atoms with Crippen molar-refractivity contribution < 1.29 is 19.1 Å². The number of nitrogens with zero attached hydrogens (tertiary/aromatic N) is 3. The van der Waals surface area contributed by atoms with Crippen molar-refractivity contribution in [3.8, 4) is 22.6 Å². The average molecular weight is 436 g/mol. The number of carbonyl (C=O) groups excluding carboxylic acids is 1. The Morgan fingerprint density at radius 2 is 1.58 bits per heavy atom. The minimum Gasteiger partial charge on any atom is -0.451 e. The van der Waals surface area contributed by atoms with Crippen molar-refractivity contribution >= 4 is 33.8 Å². The highest BCUT2D eigenvalue weighted by Gasteiger charge is 2.16. The maximum absolute atomic E-state index is 12.5. The van der Waals surface area contributed by atoms with Crippen LogP contribution in [-0.2, 0) is 0 Å². The number of thiazole rings is 1. The van der Waals surface area contributed by atoms with E-state index in [1.54, 1.807) is 29.6 Å². The summed E-state index contributed by atoms with van der Waals surface area (Å²) in [5, 5.41) is 26.4. The minimum atomic E-state index is -0.545. The van der Waals surface area contributed by atoms with Crippen LogP contribution < -0.4 is 5.32 Å². The van der Waals surface area contributed by atoms with Crippen LogP contribution in [-0.4, -0.2) is 20.7 Å². The molecule has 2 heterocycles. The van der Waals surface area contributed by atoms with Gasteiger partial charge in [-0.15, -0.1) is 11.3 Å². The zero-order chi connectivity index (χ0) is 22.0. The van der Waals surface area contributed by atoms with Gasteiger partial charge < -0.3 is 4.42 Å². The van der Waals surface area contributed by atoms with Crippen LogP contribution in [0.2, 0.25) is 0 Å². The molecule has 0 saturated heterocycles. The fraction of sp³-hybridized carbons (Fsp3) is 0. The van der Waals surface area contributed by atoms with Gasteiger partial charge in [-0.3, -0.25) is 30.3 Å². The van der Waals surface area contributed by atoms with Crippen molar-refractivity contribution in [2.24, 2.45) is 0 Å². The SMILES string of the molecule is O=C(Nc1nc(-c2cccc([N+](=O)[O-])c2)cs1)c1ccc(-c2cccc([N+](=O)[O-])c2)o1. The van der Waals surface area contributed by atoms with E-state index in [9.17, 15) is 25.0 Å². The molecular weight excluding hydrogens is 424 g/mol. The molecule has 0 bridgehead atoms.